The van der Waals surface area contributed by atoms with E-state index in [1.807, 2.05) is 0 Å². The van der Waals surface area contributed by atoms with E-state index in [2.05, 4.69) is 21.1 Å². The molecule has 6 nitrogen and oxygen atoms in total. The summed E-state index contributed by atoms with van der Waals surface area (Å²) in [7, 11) is 0. The van der Waals surface area contributed by atoms with Gasteiger partial charge in [-0.15, -0.1) is 0 Å². The summed E-state index contributed by atoms with van der Waals surface area (Å²) in [6.07, 6.45) is 3.38. The van der Waals surface area contributed by atoms with Crippen LogP contribution in [0.25, 0.3) is 0 Å². The second kappa shape index (κ2) is 12.4. The summed E-state index contributed by atoms with van der Waals surface area (Å²) < 4.78 is 25.5. The van der Waals surface area contributed by atoms with Gasteiger partial charge in [0.2, 0.25) is 11.8 Å². The summed E-state index contributed by atoms with van der Waals surface area (Å²) in [6, 6.07) is 11.4. The number of benzene rings is 2. The second-order valence-electron chi connectivity index (χ2n) is 5.80. The van der Waals surface area contributed by atoms with Crippen molar-refractivity contribution in [2.45, 2.75) is 12.8 Å². The molecule has 0 aliphatic carbocycles. The largest absolute Gasteiger partial charge is 0.273 e. The first-order valence-electron chi connectivity index (χ1n) is 8.75. The van der Waals surface area contributed by atoms with Crippen LogP contribution in [0.15, 0.2) is 58.7 Å². The average molecular weight is 418 g/mol. The van der Waals surface area contributed by atoms with E-state index in [9.17, 15) is 18.4 Å². The highest BCUT2D eigenvalue weighted by Crippen LogP contribution is 2.05. The molecule has 0 unspecified atom stereocenters. The third kappa shape index (κ3) is 9.61. The predicted molar refractivity (Wildman–Crippen MR) is 111 cm³/mol. The summed E-state index contributed by atoms with van der Waals surface area (Å²) in [5.74, 6) is -0.0739. The van der Waals surface area contributed by atoms with Crippen molar-refractivity contribution in [3.8, 4) is 0 Å². The van der Waals surface area contributed by atoms with Crippen LogP contribution in [0.3, 0.4) is 0 Å². The number of hydrazone groups is 2. The number of nitrogens with zero attached hydrogens (tertiary/aromatic N) is 2. The number of rotatable bonds is 10. The SMILES string of the molecule is O=C(CCSCCC(=O)N/N=C/c1ccc(F)cc1)N/N=C\c1ccc(F)cc1. The highest BCUT2D eigenvalue weighted by Gasteiger charge is 2.02. The van der Waals surface area contributed by atoms with Gasteiger partial charge in [-0.3, -0.25) is 9.59 Å². The van der Waals surface area contributed by atoms with Crippen LogP contribution in [-0.4, -0.2) is 35.7 Å². The van der Waals surface area contributed by atoms with Gasteiger partial charge in [-0.25, -0.2) is 19.6 Å². The molecule has 0 saturated carbocycles. The van der Waals surface area contributed by atoms with Crippen LogP contribution in [0.5, 0.6) is 0 Å². The molecule has 29 heavy (non-hydrogen) atoms. The lowest BCUT2D eigenvalue weighted by Crippen LogP contribution is -2.19. The number of thioether (sulfide) groups is 1. The maximum Gasteiger partial charge on any atom is 0.240 e. The van der Waals surface area contributed by atoms with E-state index in [0.717, 1.165) is 0 Å². The van der Waals surface area contributed by atoms with Crippen molar-refractivity contribution in [3.05, 3.63) is 71.3 Å². The Hall–Kier alpha value is -3.07. The first-order chi connectivity index (χ1) is 14.0. The molecule has 152 valence electrons. The van der Waals surface area contributed by atoms with Gasteiger partial charge >= 0.3 is 0 Å². The van der Waals surface area contributed by atoms with Gasteiger partial charge in [0.05, 0.1) is 12.4 Å². The van der Waals surface area contributed by atoms with E-state index < -0.39 is 0 Å². The first kappa shape index (κ1) is 22.2. The molecule has 0 spiro atoms. The van der Waals surface area contributed by atoms with Crippen LogP contribution in [0, 0.1) is 11.6 Å². The van der Waals surface area contributed by atoms with Crippen LogP contribution in [0.1, 0.15) is 24.0 Å². The fourth-order valence-corrected chi connectivity index (χ4v) is 2.86. The standard InChI is InChI=1S/C20H20F2N4O2S/c21-17-5-1-15(2-6-17)13-23-25-19(27)9-11-29-12-10-20(28)26-24-14-16-3-7-18(22)8-4-16/h1-8,13-14H,9-12H2,(H,25,27)(H,26,28)/b23-13-,24-14+. The molecule has 0 aromatic heterocycles. The van der Waals surface area contributed by atoms with Crippen LogP contribution in [0.2, 0.25) is 0 Å². The number of hydrogen-bond donors (Lipinski definition) is 2. The Labute approximate surface area is 171 Å². The Morgan fingerprint density at radius 3 is 1.52 bits per heavy atom. The minimum absolute atomic E-state index is 0.246. The number of carbonyl (C=O) groups excluding carboxylic acids is 2. The molecule has 2 aromatic carbocycles. The summed E-state index contributed by atoms with van der Waals surface area (Å²) in [4.78, 5) is 23.3. The van der Waals surface area contributed by atoms with Crippen LogP contribution < -0.4 is 10.9 Å². The zero-order valence-corrected chi connectivity index (χ0v) is 16.3. The van der Waals surface area contributed by atoms with E-state index in [0.29, 0.717) is 22.6 Å². The number of carbonyl (C=O) groups is 2. The Morgan fingerprint density at radius 1 is 0.759 bits per heavy atom. The normalized spacial score (nSPS) is 11.1. The maximum atomic E-state index is 12.8. The minimum atomic E-state index is -0.337. The lowest BCUT2D eigenvalue weighted by Gasteiger charge is -2.01. The van der Waals surface area contributed by atoms with Gasteiger partial charge in [-0.05, 0) is 35.4 Å². The van der Waals surface area contributed by atoms with Crippen LogP contribution in [0.4, 0.5) is 8.78 Å². The Morgan fingerprint density at radius 2 is 1.14 bits per heavy atom. The third-order valence-electron chi connectivity index (χ3n) is 3.49. The quantitative estimate of drug-likeness (QED) is 0.353. The van der Waals surface area contributed by atoms with Crippen LogP contribution >= 0.6 is 11.8 Å². The van der Waals surface area contributed by atoms with E-state index in [1.54, 1.807) is 24.3 Å². The maximum absolute atomic E-state index is 12.8. The molecule has 0 fully saturated rings. The summed E-state index contributed by atoms with van der Waals surface area (Å²) in [5, 5.41) is 7.61. The van der Waals surface area contributed by atoms with Gasteiger partial charge in [0.1, 0.15) is 11.6 Å². The molecule has 0 heterocycles. The Bertz CT molecular complexity index is 784. The van der Waals surface area contributed by atoms with Gasteiger partial charge in [0.15, 0.2) is 0 Å². The van der Waals surface area contributed by atoms with Crippen molar-refractivity contribution < 1.29 is 18.4 Å². The van der Waals surface area contributed by atoms with Gasteiger partial charge in [-0.2, -0.15) is 22.0 Å². The lowest BCUT2D eigenvalue weighted by atomic mass is 10.2. The van der Waals surface area contributed by atoms with Crippen molar-refractivity contribution in [1.29, 1.82) is 0 Å². The third-order valence-corrected chi connectivity index (χ3v) is 4.48. The molecule has 0 atom stereocenters. The molecule has 0 bridgehead atoms. The summed E-state index contributed by atoms with van der Waals surface area (Å²) >= 11 is 1.46. The lowest BCUT2D eigenvalue weighted by molar-refractivity contribution is -0.121. The molecule has 2 aromatic rings. The smallest absolute Gasteiger partial charge is 0.240 e. The molecule has 0 aliphatic heterocycles. The Balaban J connectivity index is 1.53. The van der Waals surface area contributed by atoms with E-state index >= 15 is 0 Å². The molecule has 9 heteroatoms. The topological polar surface area (TPSA) is 82.9 Å². The number of amides is 2. The molecular formula is C20H20F2N4O2S. The highest BCUT2D eigenvalue weighted by atomic mass is 32.2. The number of hydrogen-bond acceptors (Lipinski definition) is 5. The first-order valence-corrected chi connectivity index (χ1v) is 9.91. The zero-order valence-electron chi connectivity index (χ0n) is 15.5. The number of nitrogens with one attached hydrogen (secondary N) is 2. The minimum Gasteiger partial charge on any atom is -0.273 e. The van der Waals surface area contributed by atoms with Gasteiger partial charge in [-0.1, -0.05) is 24.3 Å². The number of halogens is 2. The van der Waals surface area contributed by atoms with Crippen LogP contribution in [-0.2, 0) is 9.59 Å². The van der Waals surface area contributed by atoms with Gasteiger partial charge in [0.25, 0.3) is 0 Å². The summed E-state index contributed by atoms with van der Waals surface area (Å²) in [6.45, 7) is 0. The molecule has 2 amide bonds. The fourth-order valence-electron chi connectivity index (χ4n) is 2.00. The van der Waals surface area contributed by atoms with Crippen molar-refractivity contribution in [3.63, 3.8) is 0 Å². The fraction of sp³-hybridized carbons (Fsp3) is 0.200. The van der Waals surface area contributed by atoms with Gasteiger partial charge < -0.3 is 0 Å². The molecule has 0 saturated heterocycles. The monoisotopic (exact) mass is 418 g/mol. The van der Waals surface area contributed by atoms with E-state index in [1.165, 1.54) is 48.5 Å². The highest BCUT2D eigenvalue weighted by molar-refractivity contribution is 7.99. The second-order valence-corrected chi connectivity index (χ2v) is 7.03. The van der Waals surface area contributed by atoms with Crippen molar-refractivity contribution in [1.82, 2.24) is 10.9 Å². The molecule has 2 rings (SSSR count). The molecular weight excluding hydrogens is 398 g/mol. The van der Waals surface area contributed by atoms with Crippen molar-refractivity contribution >= 4 is 36.0 Å². The summed E-state index contributed by atoms with van der Waals surface area (Å²) in [5.41, 5.74) is 6.14. The van der Waals surface area contributed by atoms with E-state index in [4.69, 9.17) is 0 Å². The van der Waals surface area contributed by atoms with Gasteiger partial charge in [0, 0.05) is 24.3 Å². The molecule has 2 N–H and O–H groups in total. The average Bonchev–Trinajstić information content (AvgIpc) is 2.71. The van der Waals surface area contributed by atoms with Crippen molar-refractivity contribution in [2.75, 3.05) is 11.5 Å². The van der Waals surface area contributed by atoms with E-state index in [-0.39, 0.29) is 36.3 Å². The zero-order chi connectivity index (χ0) is 20.9. The molecule has 0 aliphatic rings. The molecule has 0 radical (unpaired) electrons. The van der Waals surface area contributed by atoms with Crippen molar-refractivity contribution in [2.24, 2.45) is 10.2 Å². The Kier molecular flexibility index (Phi) is 9.50. The predicted octanol–water partition coefficient (Wildman–Crippen LogP) is 3.08.